The van der Waals surface area contributed by atoms with E-state index in [0.717, 1.165) is 16.1 Å². The summed E-state index contributed by atoms with van der Waals surface area (Å²) in [5, 5.41) is 6.85. The highest BCUT2D eigenvalue weighted by molar-refractivity contribution is 6.31. The van der Waals surface area contributed by atoms with Crippen LogP contribution >= 0.6 is 11.6 Å². The van der Waals surface area contributed by atoms with Crippen LogP contribution in [0.4, 0.5) is 4.79 Å². The minimum absolute atomic E-state index is 0.0132. The number of aryl methyl sites for hydroxylation is 1. The second-order valence-corrected chi connectivity index (χ2v) is 6.67. The van der Waals surface area contributed by atoms with Crippen LogP contribution in [0.3, 0.4) is 0 Å². The first-order valence-electron chi connectivity index (χ1n) is 7.12. The zero-order valence-corrected chi connectivity index (χ0v) is 14.2. The van der Waals surface area contributed by atoms with Gasteiger partial charge in [-0.05, 0) is 51.8 Å². The van der Waals surface area contributed by atoms with E-state index in [9.17, 15) is 4.79 Å². The Hall–Kier alpha value is -1.26. The number of carbonyl (C=O) groups is 1. The first kappa shape index (κ1) is 17.8. The van der Waals surface area contributed by atoms with Crippen LogP contribution in [0.2, 0.25) is 5.02 Å². The molecule has 1 unspecified atom stereocenters. The summed E-state index contributed by atoms with van der Waals surface area (Å²) in [6.07, 6.45) is -0.393. The summed E-state index contributed by atoms with van der Waals surface area (Å²) in [7, 11) is 0. The van der Waals surface area contributed by atoms with Crippen molar-refractivity contribution in [3.05, 3.63) is 34.3 Å². The fourth-order valence-corrected chi connectivity index (χ4v) is 1.94. The molecule has 0 spiro atoms. The Morgan fingerprint density at radius 3 is 2.62 bits per heavy atom. The molecular weight excluding hydrogens is 288 g/mol. The van der Waals surface area contributed by atoms with E-state index in [-0.39, 0.29) is 6.04 Å². The average Bonchev–Trinajstić information content (AvgIpc) is 2.31. The van der Waals surface area contributed by atoms with Gasteiger partial charge in [0.05, 0.1) is 0 Å². The van der Waals surface area contributed by atoms with Crippen LogP contribution in [0, 0.1) is 6.92 Å². The molecule has 0 saturated carbocycles. The van der Waals surface area contributed by atoms with Gasteiger partial charge in [-0.25, -0.2) is 4.79 Å². The second kappa shape index (κ2) is 7.66. The van der Waals surface area contributed by atoms with Crippen molar-refractivity contribution in [2.75, 3.05) is 6.54 Å². The molecule has 0 aliphatic heterocycles. The molecule has 1 atom stereocenters. The molecule has 0 aliphatic rings. The summed E-state index contributed by atoms with van der Waals surface area (Å²) >= 11 is 6.08. The predicted molar refractivity (Wildman–Crippen MR) is 86.7 cm³/mol. The zero-order valence-electron chi connectivity index (χ0n) is 13.4. The Morgan fingerprint density at radius 1 is 1.38 bits per heavy atom. The number of alkyl carbamates (subject to hydrolysis) is 1. The molecule has 0 fully saturated rings. The summed E-state index contributed by atoms with van der Waals surface area (Å²) in [5.74, 6) is 0. The van der Waals surface area contributed by atoms with Crippen LogP contribution in [0.15, 0.2) is 18.2 Å². The fourth-order valence-electron chi connectivity index (χ4n) is 1.74. The smallest absolute Gasteiger partial charge is 0.407 e. The third-order valence-corrected chi connectivity index (χ3v) is 3.19. The van der Waals surface area contributed by atoms with E-state index in [2.05, 4.69) is 10.6 Å². The number of carbonyl (C=O) groups excluding carboxylic acids is 1. The quantitative estimate of drug-likeness (QED) is 0.872. The van der Waals surface area contributed by atoms with E-state index in [4.69, 9.17) is 16.3 Å². The zero-order chi connectivity index (χ0) is 16.0. The highest BCUT2D eigenvalue weighted by Gasteiger charge is 2.17. The van der Waals surface area contributed by atoms with Crippen molar-refractivity contribution in [3.8, 4) is 0 Å². The Bertz CT molecular complexity index is 484. The van der Waals surface area contributed by atoms with Crippen LogP contribution in [0.1, 0.15) is 38.8 Å². The number of hydrogen-bond acceptors (Lipinski definition) is 3. The van der Waals surface area contributed by atoms with Crippen molar-refractivity contribution in [3.63, 3.8) is 0 Å². The van der Waals surface area contributed by atoms with E-state index in [0.29, 0.717) is 13.1 Å². The maximum absolute atomic E-state index is 11.6. The third-order valence-electron chi connectivity index (χ3n) is 2.78. The van der Waals surface area contributed by atoms with Crippen molar-refractivity contribution < 1.29 is 9.53 Å². The van der Waals surface area contributed by atoms with Gasteiger partial charge in [-0.15, -0.1) is 0 Å². The molecule has 0 aliphatic carbocycles. The number of ether oxygens (including phenoxy) is 1. The lowest BCUT2D eigenvalue weighted by Crippen LogP contribution is -2.42. The SMILES string of the molecule is Cc1ccc(CNCC(C)NC(=O)OC(C)(C)C)cc1Cl. The van der Waals surface area contributed by atoms with Gasteiger partial charge in [0.1, 0.15) is 5.60 Å². The molecule has 5 heteroatoms. The van der Waals surface area contributed by atoms with Crippen LogP contribution in [0.5, 0.6) is 0 Å². The predicted octanol–water partition coefficient (Wildman–Crippen LogP) is 3.65. The Labute approximate surface area is 132 Å². The lowest BCUT2D eigenvalue weighted by Gasteiger charge is -2.22. The molecule has 21 heavy (non-hydrogen) atoms. The van der Waals surface area contributed by atoms with Gasteiger partial charge < -0.3 is 15.4 Å². The lowest BCUT2D eigenvalue weighted by atomic mass is 10.1. The van der Waals surface area contributed by atoms with Gasteiger partial charge in [0.25, 0.3) is 0 Å². The van der Waals surface area contributed by atoms with Crippen LogP contribution < -0.4 is 10.6 Å². The van der Waals surface area contributed by atoms with E-state index < -0.39 is 11.7 Å². The summed E-state index contributed by atoms with van der Waals surface area (Å²) < 4.78 is 5.21. The van der Waals surface area contributed by atoms with Gasteiger partial charge >= 0.3 is 6.09 Å². The van der Waals surface area contributed by atoms with E-state index >= 15 is 0 Å². The largest absolute Gasteiger partial charge is 0.444 e. The average molecular weight is 313 g/mol. The Balaban J connectivity index is 2.31. The molecule has 1 aromatic rings. The minimum Gasteiger partial charge on any atom is -0.444 e. The summed E-state index contributed by atoms with van der Waals surface area (Å²) in [6.45, 7) is 10.8. The molecule has 0 aromatic heterocycles. The standard InChI is InChI=1S/C16H25ClN2O2/c1-11-6-7-13(8-14(11)17)10-18-9-12(2)19-15(20)21-16(3,4)5/h6-8,12,18H,9-10H2,1-5H3,(H,19,20). The highest BCUT2D eigenvalue weighted by atomic mass is 35.5. The minimum atomic E-state index is -0.476. The maximum Gasteiger partial charge on any atom is 0.407 e. The number of nitrogens with one attached hydrogen (secondary N) is 2. The molecule has 4 nitrogen and oxygen atoms in total. The number of rotatable bonds is 5. The molecular formula is C16H25ClN2O2. The second-order valence-electron chi connectivity index (χ2n) is 6.26. The van der Waals surface area contributed by atoms with Crippen LogP contribution in [0.25, 0.3) is 0 Å². The van der Waals surface area contributed by atoms with Gasteiger partial charge in [0.15, 0.2) is 0 Å². The number of benzene rings is 1. The van der Waals surface area contributed by atoms with E-state index in [1.54, 1.807) is 0 Å². The Morgan fingerprint density at radius 2 is 2.05 bits per heavy atom. The van der Waals surface area contributed by atoms with Gasteiger partial charge in [0, 0.05) is 24.2 Å². The summed E-state index contributed by atoms with van der Waals surface area (Å²) in [6, 6.07) is 5.98. The molecule has 0 saturated heterocycles. The molecule has 0 heterocycles. The molecule has 1 rings (SSSR count). The van der Waals surface area contributed by atoms with Gasteiger partial charge in [-0.3, -0.25) is 0 Å². The molecule has 0 bridgehead atoms. The van der Waals surface area contributed by atoms with Crippen LogP contribution in [-0.2, 0) is 11.3 Å². The van der Waals surface area contributed by atoms with Crippen LogP contribution in [-0.4, -0.2) is 24.3 Å². The molecule has 1 amide bonds. The number of amides is 1. The van der Waals surface area contributed by atoms with E-state index in [1.807, 2.05) is 52.8 Å². The van der Waals surface area contributed by atoms with Crippen molar-refractivity contribution >= 4 is 17.7 Å². The third kappa shape index (κ3) is 7.34. The molecule has 1 aromatic carbocycles. The maximum atomic E-state index is 11.6. The number of hydrogen-bond donors (Lipinski definition) is 2. The number of halogens is 1. The lowest BCUT2D eigenvalue weighted by molar-refractivity contribution is 0.0508. The van der Waals surface area contributed by atoms with E-state index in [1.165, 1.54) is 0 Å². The molecule has 118 valence electrons. The fraction of sp³-hybridized carbons (Fsp3) is 0.562. The normalized spacial score (nSPS) is 12.9. The first-order valence-corrected chi connectivity index (χ1v) is 7.50. The van der Waals surface area contributed by atoms with Crippen molar-refractivity contribution in [2.24, 2.45) is 0 Å². The van der Waals surface area contributed by atoms with Gasteiger partial charge in [0.2, 0.25) is 0 Å². The Kier molecular flexibility index (Phi) is 6.49. The first-order chi connectivity index (χ1) is 9.67. The van der Waals surface area contributed by atoms with Crippen molar-refractivity contribution in [2.45, 2.75) is 52.8 Å². The van der Waals surface area contributed by atoms with Crippen molar-refractivity contribution in [1.29, 1.82) is 0 Å². The highest BCUT2D eigenvalue weighted by Crippen LogP contribution is 2.16. The summed E-state index contributed by atoms with van der Waals surface area (Å²) in [4.78, 5) is 11.6. The molecule has 0 radical (unpaired) electrons. The van der Waals surface area contributed by atoms with Crippen molar-refractivity contribution in [1.82, 2.24) is 10.6 Å². The van der Waals surface area contributed by atoms with Gasteiger partial charge in [-0.1, -0.05) is 23.7 Å². The molecule has 2 N–H and O–H groups in total. The summed E-state index contributed by atoms with van der Waals surface area (Å²) in [5.41, 5.74) is 1.71. The van der Waals surface area contributed by atoms with Gasteiger partial charge in [-0.2, -0.15) is 0 Å². The monoisotopic (exact) mass is 312 g/mol. The topological polar surface area (TPSA) is 50.4 Å².